The second kappa shape index (κ2) is 13.9. The summed E-state index contributed by atoms with van der Waals surface area (Å²) in [6.45, 7) is 16.8. The molecule has 0 aliphatic heterocycles. The van der Waals surface area contributed by atoms with E-state index in [0.29, 0.717) is 6.08 Å². The number of halogens is 6. The van der Waals surface area contributed by atoms with E-state index in [1.807, 2.05) is 58.9 Å². The van der Waals surface area contributed by atoms with Crippen LogP contribution in [0.1, 0.15) is 6.42 Å². The summed E-state index contributed by atoms with van der Waals surface area (Å²) in [5.74, 6) is -7.20. The number of hydrogen-bond acceptors (Lipinski definition) is 6. The number of aliphatic carboxylic acids is 1. The topological polar surface area (TPSA) is 91.3 Å². The minimum Gasteiger partial charge on any atom is -0.478 e. The lowest BCUT2D eigenvalue weighted by atomic mass is 9.98. The van der Waals surface area contributed by atoms with Crippen LogP contribution in [0.3, 0.4) is 0 Å². The molecule has 224 valence electrons. The zero-order chi connectivity index (χ0) is 30.4. The van der Waals surface area contributed by atoms with Crippen LogP contribution in [-0.2, 0) is 26.7 Å². The van der Waals surface area contributed by atoms with Gasteiger partial charge in [-0.15, -0.1) is 0 Å². The number of alkyl halides is 6. The highest BCUT2D eigenvalue weighted by Gasteiger charge is 2.63. The van der Waals surface area contributed by atoms with E-state index in [9.17, 15) is 35.9 Å². The van der Waals surface area contributed by atoms with E-state index in [1.54, 1.807) is 0 Å². The van der Waals surface area contributed by atoms with Gasteiger partial charge in [-0.3, -0.25) is 0 Å². The number of carboxylic acids is 1. The number of esters is 1. The summed E-state index contributed by atoms with van der Waals surface area (Å²) in [6, 6.07) is 0. The normalized spacial score (nSPS) is 17.5. The van der Waals surface area contributed by atoms with Crippen LogP contribution in [0.25, 0.3) is 0 Å². The van der Waals surface area contributed by atoms with Gasteiger partial charge < -0.3 is 22.2 Å². The molecule has 0 saturated carbocycles. The predicted octanol–water partition coefficient (Wildman–Crippen LogP) is 3.55. The minimum absolute atomic E-state index is 0.290. The Morgan fingerprint density at radius 1 is 0.737 bits per heavy atom. The summed E-state index contributed by atoms with van der Waals surface area (Å²) < 4.78 is 105. The molecular weight excluding hydrogens is 623 g/mol. The van der Waals surface area contributed by atoms with E-state index in [2.05, 4.69) is 0 Å². The molecule has 1 N–H and O–H groups in total. The molecule has 0 spiro atoms. The summed E-state index contributed by atoms with van der Waals surface area (Å²) in [5.41, 5.74) is 0. The lowest BCUT2D eigenvalue weighted by Crippen LogP contribution is -2.53. The summed E-state index contributed by atoms with van der Waals surface area (Å²) in [5, 5.41) is 8.71. The second-order valence-corrected chi connectivity index (χ2v) is 36.6. The molecule has 0 saturated heterocycles. The molecule has 0 radical (unpaired) electrons. The third-order valence-electron chi connectivity index (χ3n) is 4.77. The van der Waals surface area contributed by atoms with Gasteiger partial charge in [0.25, 0.3) is 0 Å². The highest BCUT2D eigenvalue weighted by Crippen LogP contribution is 2.46. The molecule has 38 heavy (non-hydrogen) atoms. The number of ether oxygens (including phenoxy) is 1. The Balaban J connectivity index is 6.88. The zero-order valence-corrected chi connectivity index (χ0v) is 30.5. The summed E-state index contributed by atoms with van der Waals surface area (Å²) in [6.07, 6.45) is -14.4. The molecule has 0 aliphatic rings. The number of hydrogen-bond donors (Lipinski definition) is 1. The fourth-order valence-corrected chi connectivity index (χ4v) is 19.6. The van der Waals surface area contributed by atoms with Crippen molar-refractivity contribution in [2.45, 2.75) is 88.1 Å². The van der Waals surface area contributed by atoms with E-state index < -0.39 is 101 Å². The van der Waals surface area contributed by atoms with Gasteiger partial charge in [0.2, 0.25) is 0 Å². The highest BCUT2D eigenvalue weighted by atomic mass is 28.4. The molecule has 0 aromatic carbocycles. The van der Waals surface area contributed by atoms with E-state index >= 15 is 0 Å². The number of carbonyl (C=O) groups is 2. The Bertz CT molecular complexity index is 760. The van der Waals surface area contributed by atoms with Crippen molar-refractivity contribution < 1.29 is 58.1 Å². The first-order valence-corrected chi connectivity index (χ1v) is 25.9. The van der Waals surface area contributed by atoms with Gasteiger partial charge in [-0.05, 0) is 65.3 Å². The Labute approximate surface area is 230 Å². The average molecular weight is 663 g/mol. The van der Waals surface area contributed by atoms with Crippen molar-refractivity contribution in [3.8, 4) is 0 Å². The molecule has 0 aliphatic carbocycles. The van der Waals surface area contributed by atoms with Crippen molar-refractivity contribution in [2.24, 2.45) is 5.92 Å². The number of carboxylic acid groups (broad SMARTS) is 1. The van der Waals surface area contributed by atoms with Crippen LogP contribution in [0.4, 0.5) is 26.3 Å². The van der Waals surface area contributed by atoms with Crippen molar-refractivity contribution in [2.75, 3.05) is 0 Å². The van der Waals surface area contributed by atoms with Gasteiger partial charge in [-0.25, -0.2) is 9.59 Å². The van der Waals surface area contributed by atoms with Crippen LogP contribution < -0.4 is 0 Å². The number of rotatable bonds is 15. The Morgan fingerprint density at radius 3 is 1.34 bits per heavy atom. The second-order valence-electron chi connectivity index (χ2n) is 12.1. The fraction of sp³-hybridized carbons (Fsp3) is 0.789. The number of carbonyl (C=O) groups excluding carboxylic acids is 1. The van der Waals surface area contributed by atoms with Crippen LogP contribution in [0, 0.1) is 5.92 Å². The third kappa shape index (κ3) is 16.5. The molecule has 1 atom stereocenters. The highest BCUT2D eigenvalue weighted by molar-refractivity contribution is 6.86. The van der Waals surface area contributed by atoms with Crippen LogP contribution >= 0.6 is 0 Å². The van der Waals surface area contributed by atoms with Gasteiger partial charge in [0.15, 0.2) is 60.2 Å². The SMILES string of the molecule is C[Si](C)(C)O[SiH2]C(CC(OC(=O)/C=C/C(=O)O)C(C(F)(F)F)C(F)(F)F)([SiH2]O[Si](C)(C)C)[SiH2]O[Si](C)(C)C. The van der Waals surface area contributed by atoms with Gasteiger partial charge >= 0.3 is 24.3 Å². The quantitative estimate of drug-likeness (QED) is 0.124. The molecule has 1 unspecified atom stereocenters. The molecule has 0 amide bonds. The van der Waals surface area contributed by atoms with Crippen molar-refractivity contribution in [3.05, 3.63) is 12.2 Å². The lowest BCUT2D eigenvalue weighted by molar-refractivity contribution is -0.307. The monoisotopic (exact) mass is 662 g/mol. The predicted molar refractivity (Wildman–Crippen MR) is 148 cm³/mol. The molecule has 0 aromatic heterocycles. The molecule has 19 heteroatoms. The van der Waals surface area contributed by atoms with Gasteiger partial charge in [0.05, 0.1) is 0 Å². The Hall–Kier alpha value is -0.559. The van der Waals surface area contributed by atoms with Crippen molar-refractivity contribution in [1.82, 2.24) is 0 Å². The zero-order valence-electron chi connectivity index (χ0n) is 23.3. The first-order valence-electron chi connectivity index (χ1n) is 11.8. The molecule has 7 nitrogen and oxygen atoms in total. The molecule has 0 heterocycles. The Morgan fingerprint density at radius 2 is 1.08 bits per heavy atom. The van der Waals surface area contributed by atoms with Gasteiger partial charge in [0, 0.05) is 16.4 Å². The molecule has 0 rings (SSSR count). The van der Waals surface area contributed by atoms with E-state index in [4.69, 9.17) is 22.2 Å². The van der Waals surface area contributed by atoms with Gasteiger partial charge in [0.1, 0.15) is 6.10 Å². The summed E-state index contributed by atoms with van der Waals surface area (Å²) in [4.78, 5) is 22.9. The van der Waals surface area contributed by atoms with Crippen molar-refractivity contribution in [3.63, 3.8) is 0 Å². The van der Waals surface area contributed by atoms with Gasteiger partial charge in [-0.2, -0.15) is 26.3 Å². The lowest BCUT2D eigenvalue weighted by Gasteiger charge is -2.41. The smallest absolute Gasteiger partial charge is 0.404 e. The largest absolute Gasteiger partial charge is 0.478 e. The molecular formula is C19H40F6O7Si6. The van der Waals surface area contributed by atoms with Crippen LogP contribution in [0.2, 0.25) is 63.2 Å². The standard InChI is InChI=1S/C19H40F6O7Si6/c1-36(2,3)30-33-17(34-31-37(4,5)6,35-32-38(7,8)9)12-13(29-15(28)11-10-14(26)27)16(18(20,21)22)19(23,24)25/h10-11,13,16H,12,33-35H2,1-9H3,(H,26,27)/b11-10+. The maximum atomic E-state index is 13.9. The maximum Gasteiger partial charge on any atom is 0.404 e. The van der Waals surface area contributed by atoms with Crippen LogP contribution in [-0.4, -0.2) is 89.7 Å². The summed E-state index contributed by atoms with van der Waals surface area (Å²) in [7, 11) is -12.1. The van der Waals surface area contributed by atoms with E-state index in [-0.39, 0.29) is 6.08 Å². The molecule has 0 aromatic rings. The van der Waals surface area contributed by atoms with E-state index in [1.165, 1.54) is 0 Å². The first-order chi connectivity index (χ1) is 16.7. The van der Waals surface area contributed by atoms with Crippen LogP contribution in [0.15, 0.2) is 12.2 Å². The van der Waals surface area contributed by atoms with Crippen molar-refractivity contribution >= 4 is 66.2 Å². The molecule has 0 fully saturated rings. The minimum atomic E-state index is -5.78. The average Bonchev–Trinajstić information content (AvgIpc) is 2.63. The molecule has 0 bridgehead atoms. The third-order valence-corrected chi connectivity index (χ3v) is 23.3. The van der Waals surface area contributed by atoms with E-state index in [0.717, 1.165) is 0 Å². The van der Waals surface area contributed by atoms with Crippen molar-refractivity contribution in [1.29, 1.82) is 0 Å². The fourth-order valence-electron chi connectivity index (χ4n) is 3.00. The van der Waals surface area contributed by atoms with Crippen LogP contribution in [0.5, 0.6) is 0 Å². The van der Waals surface area contributed by atoms with Gasteiger partial charge in [-0.1, -0.05) is 0 Å². The summed E-state index contributed by atoms with van der Waals surface area (Å²) >= 11 is 0. The Kier molecular flexibility index (Phi) is 13.7. The first kappa shape index (κ1) is 37.4. The maximum absolute atomic E-state index is 13.9.